The zero-order chi connectivity index (χ0) is 13.6. The Bertz CT molecular complexity index is 401. The number of alkyl carbamates (subject to hydrolysis) is 1. The van der Waals surface area contributed by atoms with E-state index in [-0.39, 0.29) is 18.1 Å². The summed E-state index contributed by atoms with van der Waals surface area (Å²) >= 11 is 0. The Morgan fingerprint density at radius 1 is 1.32 bits per heavy atom. The van der Waals surface area contributed by atoms with E-state index in [4.69, 9.17) is 9.84 Å². The van der Waals surface area contributed by atoms with Crippen LogP contribution in [0.3, 0.4) is 0 Å². The van der Waals surface area contributed by atoms with Crippen LogP contribution in [0.1, 0.15) is 31.2 Å². The van der Waals surface area contributed by atoms with Gasteiger partial charge in [0.1, 0.15) is 6.61 Å². The molecular formula is C15H21NO3. The lowest BCUT2D eigenvalue weighted by Gasteiger charge is -2.41. The molecule has 0 aromatic heterocycles. The molecule has 2 N–H and O–H groups in total. The molecule has 4 nitrogen and oxygen atoms in total. The molecular weight excluding hydrogens is 242 g/mol. The van der Waals surface area contributed by atoms with Gasteiger partial charge in [-0.05, 0) is 30.2 Å². The number of aliphatic hydroxyl groups excluding tert-OH is 1. The van der Waals surface area contributed by atoms with Crippen molar-refractivity contribution in [2.24, 2.45) is 5.41 Å². The van der Waals surface area contributed by atoms with Crippen molar-refractivity contribution in [3.05, 3.63) is 35.9 Å². The maximum atomic E-state index is 11.6. The van der Waals surface area contributed by atoms with Gasteiger partial charge in [0.2, 0.25) is 0 Å². The van der Waals surface area contributed by atoms with Crippen molar-refractivity contribution in [2.45, 2.75) is 32.3 Å². The predicted octanol–water partition coefficient (Wildman–Crippen LogP) is 2.47. The number of nitrogens with one attached hydrogen (secondary N) is 1. The molecule has 0 heterocycles. The van der Waals surface area contributed by atoms with Gasteiger partial charge in [0.05, 0.1) is 0 Å². The van der Waals surface area contributed by atoms with Crippen LogP contribution >= 0.6 is 0 Å². The summed E-state index contributed by atoms with van der Waals surface area (Å²) in [5.74, 6) is 0. The maximum Gasteiger partial charge on any atom is 0.407 e. The highest BCUT2D eigenvalue weighted by Crippen LogP contribution is 2.43. The molecule has 1 saturated carbocycles. The first-order chi connectivity index (χ1) is 9.24. The molecule has 0 unspecified atom stereocenters. The number of hydrogen-bond donors (Lipinski definition) is 2. The summed E-state index contributed by atoms with van der Waals surface area (Å²) in [4.78, 5) is 11.6. The minimum absolute atomic E-state index is 0.0977. The average molecular weight is 263 g/mol. The van der Waals surface area contributed by atoms with E-state index in [1.54, 1.807) is 0 Å². The lowest BCUT2D eigenvalue weighted by atomic mass is 9.67. The van der Waals surface area contributed by atoms with Crippen LogP contribution in [0.2, 0.25) is 0 Å². The molecule has 1 amide bonds. The Hall–Kier alpha value is -1.55. The third kappa shape index (κ3) is 3.96. The van der Waals surface area contributed by atoms with Gasteiger partial charge in [-0.25, -0.2) is 4.79 Å². The summed E-state index contributed by atoms with van der Waals surface area (Å²) in [7, 11) is 0. The van der Waals surface area contributed by atoms with Gasteiger partial charge in [-0.1, -0.05) is 36.8 Å². The quantitative estimate of drug-likeness (QED) is 0.829. The minimum atomic E-state index is -0.381. The number of aliphatic hydroxyl groups is 1. The molecule has 1 aliphatic carbocycles. The first kappa shape index (κ1) is 13.9. The number of carbonyl (C=O) groups is 1. The second kappa shape index (κ2) is 6.57. The molecule has 0 radical (unpaired) electrons. The minimum Gasteiger partial charge on any atom is -0.445 e. The molecule has 4 heteroatoms. The Kier molecular flexibility index (Phi) is 4.80. The Balaban J connectivity index is 1.70. The van der Waals surface area contributed by atoms with Gasteiger partial charge in [0.15, 0.2) is 0 Å². The van der Waals surface area contributed by atoms with Crippen molar-refractivity contribution in [1.29, 1.82) is 0 Å². The summed E-state index contributed by atoms with van der Waals surface area (Å²) in [5.41, 5.74) is 1.08. The van der Waals surface area contributed by atoms with Crippen LogP contribution in [0.5, 0.6) is 0 Å². The Morgan fingerprint density at radius 2 is 2.05 bits per heavy atom. The van der Waals surface area contributed by atoms with Crippen molar-refractivity contribution in [3.8, 4) is 0 Å². The molecule has 2 rings (SSSR count). The van der Waals surface area contributed by atoms with Crippen LogP contribution in [0.15, 0.2) is 30.3 Å². The van der Waals surface area contributed by atoms with E-state index in [0.717, 1.165) is 24.8 Å². The van der Waals surface area contributed by atoms with E-state index in [0.29, 0.717) is 13.2 Å². The highest BCUT2D eigenvalue weighted by molar-refractivity contribution is 5.67. The van der Waals surface area contributed by atoms with Crippen LogP contribution < -0.4 is 5.32 Å². The lowest BCUT2D eigenvalue weighted by Crippen LogP contribution is -2.42. The monoisotopic (exact) mass is 263 g/mol. The SMILES string of the molecule is O=C(NCC1(CCO)CCC1)OCc1ccccc1. The fraction of sp³-hybridized carbons (Fsp3) is 0.533. The van der Waals surface area contributed by atoms with E-state index in [1.807, 2.05) is 30.3 Å². The summed E-state index contributed by atoms with van der Waals surface area (Å²) in [6, 6.07) is 9.61. The molecule has 0 bridgehead atoms. The number of rotatable bonds is 6. The van der Waals surface area contributed by atoms with Crippen LogP contribution in [0, 0.1) is 5.41 Å². The Labute approximate surface area is 113 Å². The van der Waals surface area contributed by atoms with Crippen LogP contribution in [-0.4, -0.2) is 24.4 Å². The standard InChI is InChI=1S/C15H21NO3/c17-10-9-15(7-4-8-15)12-16-14(18)19-11-13-5-2-1-3-6-13/h1-3,5-6,17H,4,7-12H2,(H,16,18). The topological polar surface area (TPSA) is 58.6 Å². The summed E-state index contributed by atoms with van der Waals surface area (Å²) in [6.45, 7) is 1.07. The van der Waals surface area contributed by atoms with E-state index in [2.05, 4.69) is 5.32 Å². The molecule has 1 fully saturated rings. The fourth-order valence-electron chi connectivity index (χ4n) is 2.46. The van der Waals surface area contributed by atoms with Gasteiger partial charge in [-0.2, -0.15) is 0 Å². The van der Waals surface area contributed by atoms with E-state index < -0.39 is 0 Å². The van der Waals surface area contributed by atoms with Crippen LogP contribution in [-0.2, 0) is 11.3 Å². The molecule has 1 aliphatic rings. The van der Waals surface area contributed by atoms with E-state index >= 15 is 0 Å². The van der Waals surface area contributed by atoms with Gasteiger partial charge in [-0.15, -0.1) is 0 Å². The highest BCUT2D eigenvalue weighted by Gasteiger charge is 2.36. The van der Waals surface area contributed by atoms with Crippen molar-refractivity contribution in [2.75, 3.05) is 13.2 Å². The molecule has 1 aromatic rings. The number of benzene rings is 1. The molecule has 0 atom stereocenters. The molecule has 1 aromatic carbocycles. The van der Waals surface area contributed by atoms with E-state index in [9.17, 15) is 4.79 Å². The normalized spacial score (nSPS) is 16.5. The molecule has 19 heavy (non-hydrogen) atoms. The zero-order valence-electron chi connectivity index (χ0n) is 11.1. The van der Waals surface area contributed by atoms with Crippen molar-refractivity contribution in [3.63, 3.8) is 0 Å². The third-order valence-corrected chi connectivity index (χ3v) is 3.88. The Morgan fingerprint density at radius 3 is 2.63 bits per heavy atom. The van der Waals surface area contributed by atoms with Crippen molar-refractivity contribution >= 4 is 6.09 Å². The second-order valence-corrected chi connectivity index (χ2v) is 5.24. The van der Waals surface area contributed by atoms with Crippen LogP contribution in [0.25, 0.3) is 0 Å². The summed E-state index contributed by atoms with van der Waals surface area (Å²) in [5, 5.41) is 11.8. The third-order valence-electron chi connectivity index (χ3n) is 3.88. The number of carbonyl (C=O) groups excluding carboxylic acids is 1. The van der Waals surface area contributed by atoms with Gasteiger partial charge in [0.25, 0.3) is 0 Å². The van der Waals surface area contributed by atoms with Crippen molar-refractivity contribution < 1.29 is 14.6 Å². The molecule has 0 aliphatic heterocycles. The number of hydrogen-bond acceptors (Lipinski definition) is 3. The van der Waals surface area contributed by atoms with E-state index in [1.165, 1.54) is 6.42 Å². The smallest absolute Gasteiger partial charge is 0.407 e. The largest absolute Gasteiger partial charge is 0.445 e. The molecule has 104 valence electrons. The molecule has 0 spiro atoms. The number of ether oxygens (including phenoxy) is 1. The molecule has 0 saturated heterocycles. The second-order valence-electron chi connectivity index (χ2n) is 5.24. The highest BCUT2D eigenvalue weighted by atomic mass is 16.5. The maximum absolute atomic E-state index is 11.6. The first-order valence-corrected chi connectivity index (χ1v) is 6.80. The van der Waals surface area contributed by atoms with Crippen molar-refractivity contribution in [1.82, 2.24) is 5.32 Å². The summed E-state index contributed by atoms with van der Waals surface area (Å²) < 4.78 is 5.16. The predicted molar refractivity (Wildman–Crippen MR) is 72.6 cm³/mol. The van der Waals surface area contributed by atoms with Gasteiger partial charge < -0.3 is 15.2 Å². The average Bonchev–Trinajstić information content (AvgIpc) is 2.40. The van der Waals surface area contributed by atoms with Gasteiger partial charge in [-0.3, -0.25) is 0 Å². The van der Waals surface area contributed by atoms with Gasteiger partial charge in [0, 0.05) is 13.2 Å². The zero-order valence-corrected chi connectivity index (χ0v) is 11.1. The lowest BCUT2D eigenvalue weighted by molar-refractivity contribution is 0.0783. The number of amides is 1. The van der Waals surface area contributed by atoms with Gasteiger partial charge >= 0.3 is 6.09 Å². The summed E-state index contributed by atoms with van der Waals surface area (Å²) in [6.07, 6.45) is 3.71. The fourth-order valence-corrected chi connectivity index (χ4v) is 2.46. The van der Waals surface area contributed by atoms with Crippen LogP contribution in [0.4, 0.5) is 4.79 Å². The first-order valence-electron chi connectivity index (χ1n) is 6.80.